The number of methoxy groups -OCH3 is 1. The first-order valence-electron chi connectivity index (χ1n) is 12.1. The Hall–Kier alpha value is -4.68. The number of alkyl carbamates (subject to hydrolysis) is 1. The van der Waals surface area contributed by atoms with Crippen molar-refractivity contribution < 1.29 is 18.7 Å². The largest absolute Gasteiger partial charge is 0.497 e. The normalized spacial score (nSPS) is 11.7. The minimum absolute atomic E-state index is 0.0325. The molecular formula is C26H32FN7O5. The van der Waals surface area contributed by atoms with Gasteiger partial charge in [-0.05, 0) is 56.2 Å². The summed E-state index contributed by atoms with van der Waals surface area (Å²) in [7, 11) is 1.55. The summed E-state index contributed by atoms with van der Waals surface area (Å²) in [5.74, 6) is 0.110. The second kappa shape index (κ2) is 12.7. The molecule has 1 aromatic heterocycles. The number of guanidine groups is 1. The summed E-state index contributed by atoms with van der Waals surface area (Å²) in [5.41, 5.74) is 4.99. The summed E-state index contributed by atoms with van der Waals surface area (Å²) in [6.07, 6.45) is -0.739. The quantitative estimate of drug-likeness (QED) is 0.211. The molecule has 208 valence electrons. The molecule has 4 N–H and O–H groups in total. The highest BCUT2D eigenvalue weighted by Gasteiger charge is 2.17. The molecule has 39 heavy (non-hydrogen) atoms. The number of halogens is 1. The van der Waals surface area contributed by atoms with Crippen molar-refractivity contribution in [3.8, 4) is 5.75 Å². The van der Waals surface area contributed by atoms with Gasteiger partial charge in [-0.1, -0.05) is 24.3 Å². The van der Waals surface area contributed by atoms with E-state index in [1.165, 1.54) is 28.8 Å². The number of aromatic nitrogens is 3. The summed E-state index contributed by atoms with van der Waals surface area (Å²) in [6, 6.07) is 12.6. The lowest BCUT2D eigenvalue weighted by molar-refractivity contribution is 0.0562. The number of nitrogens with one attached hydrogen (secondary N) is 2. The highest BCUT2D eigenvalue weighted by molar-refractivity contribution is 5.92. The fourth-order valence-corrected chi connectivity index (χ4v) is 3.42. The van der Waals surface area contributed by atoms with Crippen molar-refractivity contribution in [3.05, 3.63) is 86.4 Å². The Balaban J connectivity index is 1.82. The molecule has 0 saturated heterocycles. The van der Waals surface area contributed by atoms with Crippen LogP contribution in [0.15, 0.2) is 63.1 Å². The van der Waals surface area contributed by atoms with Crippen molar-refractivity contribution >= 4 is 18.0 Å². The van der Waals surface area contributed by atoms with Gasteiger partial charge in [0.05, 0.1) is 26.7 Å². The molecule has 0 aliphatic carbocycles. The third-order valence-electron chi connectivity index (χ3n) is 5.21. The summed E-state index contributed by atoms with van der Waals surface area (Å²) in [4.78, 5) is 46.2. The zero-order chi connectivity index (χ0) is 28.6. The maximum Gasteiger partial charge on any atom is 0.414 e. The van der Waals surface area contributed by atoms with E-state index in [4.69, 9.17) is 15.2 Å². The SMILES string of the molecule is COc1ccc(Cn2c(NCCN=C(N)NC(=O)OC(C)(C)C)nc(=O)n(Cc3ccc(F)cc3)c2=O)cc1. The van der Waals surface area contributed by atoms with Crippen molar-refractivity contribution in [2.24, 2.45) is 10.7 Å². The van der Waals surface area contributed by atoms with Crippen LogP contribution in [0.2, 0.25) is 0 Å². The molecule has 3 aromatic rings. The molecule has 2 aromatic carbocycles. The maximum atomic E-state index is 13.4. The van der Waals surface area contributed by atoms with Crippen molar-refractivity contribution in [3.63, 3.8) is 0 Å². The fourth-order valence-electron chi connectivity index (χ4n) is 3.42. The topological polar surface area (TPSA) is 155 Å². The molecule has 0 fully saturated rings. The van der Waals surface area contributed by atoms with Crippen LogP contribution in [0.25, 0.3) is 0 Å². The molecular weight excluding hydrogens is 509 g/mol. The molecule has 1 heterocycles. The highest BCUT2D eigenvalue weighted by atomic mass is 19.1. The number of benzene rings is 2. The van der Waals surface area contributed by atoms with Crippen molar-refractivity contribution in [1.82, 2.24) is 19.4 Å². The Bertz CT molecular complexity index is 1430. The van der Waals surface area contributed by atoms with Crippen LogP contribution in [0, 0.1) is 5.82 Å². The molecule has 3 rings (SSSR count). The van der Waals surface area contributed by atoms with E-state index in [1.54, 1.807) is 52.1 Å². The van der Waals surface area contributed by atoms with E-state index in [2.05, 4.69) is 20.6 Å². The van der Waals surface area contributed by atoms with Gasteiger partial charge in [-0.2, -0.15) is 4.98 Å². The van der Waals surface area contributed by atoms with E-state index >= 15 is 0 Å². The summed E-state index contributed by atoms with van der Waals surface area (Å²) in [6.45, 7) is 5.42. The van der Waals surface area contributed by atoms with Crippen LogP contribution in [0.5, 0.6) is 5.75 Å². The molecule has 0 bridgehead atoms. The zero-order valence-electron chi connectivity index (χ0n) is 22.2. The highest BCUT2D eigenvalue weighted by Crippen LogP contribution is 2.13. The molecule has 0 saturated carbocycles. The van der Waals surface area contributed by atoms with Gasteiger partial charge in [0.15, 0.2) is 5.96 Å². The second-order valence-corrected chi connectivity index (χ2v) is 9.47. The first-order valence-corrected chi connectivity index (χ1v) is 12.1. The van der Waals surface area contributed by atoms with Crippen molar-refractivity contribution in [2.75, 3.05) is 25.5 Å². The molecule has 0 atom stereocenters. The Kier molecular flexibility index (Phi) is 9.42. The Morgan fingerprint density at radius 1 is 1.03 bits per heavy atom. The minimum atomic E-state index is -0.771. The summed E-state index contributed by atoms with van der Waals surface area (Å²) >= 11 is 0. The van der Waals surface area contributed by atoms with Crippen molar-refractivity contribution in [1.29, 1.82) is 0 Å². The zero-order valence-corrected chi connectivity index (χ0v) is 22.2. The van der Waals surface area contributed by atoms with Crippen LogP contribution >= 0.6 is 0 Å². The Morgan fingerprint density at radius 3 is 2.21 bits per heavy atom. The van der Waals surface area contributed by atoms with Gasteiger partial charge < -0.3 is 20.5 Å². The number of ether oxygens (including phenoxy) is 2. The molecule has 12 nitrogen and oxygen atoms in total. The van der Waals surface area contributed by atoms with Crippen LogP contribution in [-0.2, 0) is 17.8 Å². The van der Waals surface area contributed by atoms with Gasteiger partial charge in [0.25, 0.3) is 0 Å². The lowest BCUT2D eigenvalue weighted by Crippen LogP contribution is -2.43. The van der Waals surface area contributed by atoms with Gasteiger partial charge in [-0.15, -0.1) is 0 Å². The van der Waals surface area contributed by atoms with E-state index < -0.39 is 28.9 Å². The van der Waals surface area contributed by atoms with Crippen LogP contribution < -0.4 is 32.5 Å². The predicted molar refractivity (Wildman–Crippen MR) is 145 cm³/mol. The molecule has 1 amide bonds. The summed E-state index contributed by atoms with van der Waals surface area (Å²) < 4.78 is 25.9. The minimum Gasteiger partial charge on any atom is -0.497 e. The molecule has 0 unspecified atom stereocenters. The van der Waals surface area contributed by atoms with E-state index in [0.717, 1.165) is 10.1 Å². The summed E-state index contributed by atoms with van der Waals surface area (Å²) in [5, 5.41) is 5.26. The van der Waals surface area contributed by atoms with Gasteiger partial charge in [-0.3, -0.25) is 14.9 Å². The number of carbonyl (C=O) groups is 1. The predicted octanol–water partition coefficient (Wildman–Crippen LogP) is 1.90. The second-order valence-electron chi connectivity index (χ2n) is 9.47. The lowest BCUT2D eigenvalue weighted by Gasteiger charge is -2.19. The number of rotatable bonds is 9. The van der Waals surface area contributed by atoms with Gasteiger partial charge in [-0.25, -0.2) is 23.3 Å². The van der Waals surface area contributed by atoms with Gasteiger partial charge in [0.2, 0.25) is 5.95 Å². The van der Waals surface area contributed by atoms with E-state index in [1.807, 2.05) is 0 Å². The number of anilines is 1. The first kappa shape index (κ1) is 28.9. The van der Waals surface area contributed by atoms with Crippen molar-refractivity contribution in [2.45, 2.75) is 39.5 Å². The number of hydrogen-bond donors (Lipinski definition) is 3. The number of aliphatic imine (C=N–C) groups is 1. The van der Waals surface area contributed by atoms with E-state index in [0.29, 0.717) is 11.3 Å². The Labute approximate surface area is 224 Å². The standard InChI is InChI=1S/C26H32FN7O5/c1-26(2,3)39-24(36)31-21(28)29-13-14-30-22-32-23(35)34(16-17-5-9-19(27)10-6-17)25(37)33(22)15-18-7-11-20(38-4)12-8-18/h5-12H,13-16H2,1-4H3,(H,30,32,35)(H3,28,29,31,36). The molecule has 0 radical (unpaired) electrons. The number of nitrogens with two attached hydrogens (primary N) is 1. The van der Waals surface area contributed by atoms with Gasteiger partial charge in [0, 0.05) is 6.54 Å². The monoisotopic (exact) mass is 541 g/mol. The average molecular weight is 542 g/mol. The Morgan fingerprint density at radius 2 is 1.62 bits per heavy atom. The number of nitrogens with zero attached hydrogens (tertiary/aromatic N) is 4. The molecule has 0 spiro atoms. The smallest absolute Gasteiger partial charge is 0.414 e. The van der Waals surface area contributed by atoms with Gasteiger partial charge >= 0.3 is 17.5 Å². The molecule has 0 aliphatic rings. The van der Waals surface area contributed by atoms with Crippen LogP contribution in [-0.4, -0.2) is 52.0 Å². The number of carbonyl (C=O) groups excluding carboxylic acids is 1. The van der Waals surface area contributed by atoms with Crippen LogP contribution in [0.4, 0.5) is 15.1 Å². The van der Waals surface area contributed by atoms with Gasteiger partial charge in [0.1, 0.15) is 17.2 Å². The van der Waals surface area contributed by atoms with Crippen LogP contribution in [0.1, 0.15) is 31.9 Å². The average Bonchev–Trinajstić information content (AvgIpc) is 2.86. The third kappa shape index (κ3) is 8.69. The number of hydrogen-bond acceptors (Lipinski definition) is 8. The third-order valence-corrected chi connectivity index (χ3v) is 5.21. The maximum absolute atomic E-state index is 13.4. The molecule has 0 aliphatic heterocycles. The van der Waals surface area contributed by atoms with E-state index in [-0.39, 0.29) is 38.1 Å². The number of amides is 1. The fraction of sp³-hybridized carbons (Fsp3) is 0.346. The van der Waals surface area contributed by atoms with E-state index in [9.17, 15) is 18.8 Å². The van der Waals surface area contributed by atoms with Crippen LogP contribution in [0.3, 0.4) is 0 Å². The molecule has 13 heteroatoms. The lowest BCUT2D eigenvalue weighted by atomic mass is 10.2. The first-order chi connectivity index (χ1) is 18.4.